The Labute approximate surface area is 108 Å². The van der Waals surface area contributed by atoms with Crippen LogP contribution in [0.15, 0.2) is 24.3 Å². The molecule has 1 aromatic carbocycles. The van der Waals surface area contributed by atoms with Crippen molar-refractivity contribution < 1.29 is 14.6 Å². The fourth-order valence-electron chi connectivity index (χ4n) is 1.63. The first kappa shape index (κ1) is 14.5. The molecular weight excluding hydrogens is 230 g/mol. The van der Waals surface area contributed by atoms with Crippen molar-refractivity contribution in [3.8, 4) is 5.75 Å². The third kappa shape index (κ3) is 5.19. The van der Waals surface area contributed by atoms with Gasteiger partial charge in [0.05, 0.1) is 5.60 Å². The van der Waals surface area contributed by atoms with E-state index in [4.69, 9.17) is 4.74 Å². The molecule has 0 unspecified atom stereocenters. The van der Waals surface area contributed by atoms with Gasteiger partial charge in [-0.2, -0.15) is 0 Å². The number of carbonyl (C=O) groups excluding carboxylic acids is 1. The van der Waals surface area contributed by atoms with Crippen molar-refractivity contribution in [2.75, 3.05) is 20.2 Å². The Kier molecular flexibility index (Phi) is 4.73. The van der Waals surface area contributed by atoms with Crippen LogP contribution in [0.2, 0.25) is 0 Å². The van der Waals surface area contributed by atoms with E-state index in [1.165, 1.54) is 4.90 Å². The molecule has 0 heterocycles. The Bertz CT molecular complexity index is 410. The fourth-order valence-corrected chi connectivity index (χ4v) is 1.63. The van der Waals surface area contributed by atoms with Gasteiger partial charge in [-0.1, -0.05) is 12.1 Å². The van der Waals surface area contributed by atoms with Crippen LogP contribution in [0, 0.1) is 6.92 Å². The van der Waals surface area contributed by atoms with Gasteiger partial charge in [-0.3, -0.25) is 4.79 Å². The molecule has 4 heteroatoms. The van der Waals surface area contributed by atoms with Crippen LogP contribution in [0.4, 0.5) is 0 Å². The Morgan fingerprint density at radius 3 is 2.67 bits per heavy atom. The first-order chi connectivity index (χ1) is 8.28. The first-order valence-electron chi connectivity index (χ1n) is 5.94. The van der Waals surface area contributed by atoms with Gasteiger partial charge in [-0.15, -0.1) is 0 Å². The van der Waals surface area contributed by atoms with Gasteiger partial charge in [0, 0.05) is 13.6 Å². The van der Waals surface area contributed by atoms with Crippen molar-refractivity contribution in [2.45, 2.75) is 26.4 Å². The van der Waals surface area contributed by atoms with Gasteiger partial charge in [0.1, 0.15) is 5.75 Å². The minimum Gasteiger partial charge on any atom is -0.484 e. The SMILES string of the molecule is Cc1cccc(OCC(=O)N(C)CC(C)(C)O)c1. The minimum absolute atomic E-state index is 0.0178. The molecule has 0 aromatic heterocycles. The zero-order valence-corrected chi connectivity index (χ0v) is 11.4. The molecule has 1 amide bonds. The van der Waals surface area contributed by atoms with Crippen LogP contribution in [0.25, 0.3) is 0 Å². The van der Waals surface area contributed by atoms with Gasteiger partial charge in [0.15, 0.2) is 6.61 Å². The first-order valence-corrected chi connectivity index (χ1v) is 5.94. The number of benzene rings is 1. The van der Waals surface area contributed by atoms with Crippen molar-refractivity contribution in [1.82, 2.24) is 4.90 Å². The van der Waals surface area contributed by atoms with Crippen molar-refractivity contribution in [3.63, 3.8) is 0 Å². The Hall–Kier alpha value is -1.55. The Balaban J connectivity index is 2.46. The maximum absolute atomic E-state index is 11.8. The maximum atomic E-state index is 11.8. The van der Waals surface area contributed by atoms with E-state index in [9.17, 15) is 9.90 Å². The topological polar surface area (TPSA) is 49.8 Å². The van der Waals surface area contributed by atoms with E-state index in [0.29, 0.717) is 5.75 Å². The summed E-state index contributed by atoms with van der Waals surface area (Å²) in [5, 5.41) is 9.62. The van der Waals surface area contributed by atoms with E-state index < -0.39 is 5.60 Å². The van der Waals surface area contributed by atoms with E-state index >= 15 is 0 Å². The Morgan fingerprint density at radius 1 is 1.44 bits per heavy atom. The second-order valence-corrected chi connectivity index (χ2v) is 5.17. The summed E-state index contributed by atoms with van der Waals surface area (Å²) in [4.78, 5) is 13.2. The summed E-state index contributed by atoms with van der Waals surface area (Å²) >= 11 is 0. The number of ether oxygens (including phenoxy) is 1. The monoisotopic (exact) mass is 251 g/mol. The zero-order valence-electron chi connectivity index (χ0n) is 11.4. The quantitative estimate of drug-likeness (QED) is 0.865. The highest BCUT2D eigenvalue weighted by Crippen LogP contribution is 2.12. The van der Waals surface area contributed by atoms with E-state index in [-0.39, 0.29) is 19.1 Å². The van der Waals surface area contributed by atoms with Crippen LogP contribution >= 0.6 is 0 Å². The predicted molar refractivity (Wildman–Crippen MR) is 70.6 cm³/mol. The molecule has 100 valence electrons. The number of amides is 1. The average Bonchev–Trinajstić information content (AvgIpc) is 2.23. The van der Waals surface area contributed by atoms with E-state index in [1.54, 1.807) is 20.9 Å². The van der Waals surface area contributed by atoms with Crippen LogP contribution in [0.1, 0.15) is 19.4 Å². The summed E-state index contributed by atoms with van der Waals surface area (Å²) in [6, 6.07) is 7.55. The minimum atomic E-state index is -0.895. The van der Waals surface area contributed by atoms with E-state index in [2.05, 4.69) is 0 Å². The van der Waals surface area contributed by atoms with Crippen LogP contribution in [-0.4, -0.2) is 41.7 Å². The highest BCUT2D eigenvalue weighted by atomic mass is 16.5. The molecule has 18 heavy (non-hydrogen) atoms. The molecule has 0 saturated heterocycles. The molecule has 0 aliphatic rings. The molecule has 4 nitrogen and oxygen atoms in total. The van der Waals surface area contributed by atoms with Gasteiger partial charge in [-0.25, -0.2) is 0 Å². The lowest BCUT2D eigenvalue weighted by Gasteiger charge is -2.25. The van der Waals surface area contributed by atoms with Gasteiger partial charge < -0.3 is 14.7 Å². The second kappa shape index (κ2) is 5.87. The molecule has 0 radical (unpaired) electrons. The van der Waals surface area contributed by atoms with Crippen LogP contribution in [0.5, 0.6) is 5.75 Å². The van der Waals surface area contributed by atoms with Crippen molar-refractivity contribution in [3.05, 3.63) is 29.8 Å². The molecule has 0 fully saturated rings. The Morgan fingerprint density at radius 2 is 2.11 bits per heavy atom. The lowest BCUT2D eigenvalue weighted by atomic mass is 10.1. The summed E-state index contributed by atoms with van der Waals surface area (Å²) < 4.78 is 5.41. The lowest BCUT2D eigenvalue weighted by molar-refractivity contribution is -0.134. The number of aliphatic hydroxyl groups is 1. The van der Waals surface area contributed by atoms with Gasteiger partial charge in [0.2, 0.25) is 0 Å². The van der Waals surface area contributed by atoms with Crippen LogP contribution in [-0.2, 0) is 4.79 Å². The number of hydrogen-bond donors (Lipinski definition) is 1. The summed E-state index contributed by atoms with van der Waals surface area (Å²) in [5.41, 5.74) is 0.193. The molecule has 0 saturated carbocycles. The molecule has 1 aromatic rings. The number of rotatable bonds is 5. The van der Waals surface area contributed by atoms with Crippen molar-refractivity contribution in [2.24, 2.45) is 0 Å². The molecule has 0 bridgehead atoms. The molecule has 1 N–H and O–H groups in total. The largest absolute Gasteiger partial charge is 0.484 e. The molecule has 0 aliphatic heterocycles. The predicted octanol–water partition coefficient (Wildman–Crippen LogP) is 1.60. The van der Waals surface area contributed by atoms with Crippen molar-refractivity contribution in [1.29, 1.82) is 0 Å². The average molecular weight is 251 g/mol. The molecule has 1 rings (SSSR count). The number of aryl methyl sites for hydroxylation is 1. The van der Waals surface area contributed by atoms with E-state index in [0.717, 1.165) is 5.56 Å². The third-order valence-corrected chi connectivity index (χ3v) is 2.40. The lowest BCUT2D eigenvalue weighted by Crippen LogP contribution is -2.41. The van der Waals surface area contributed by atoms with Crippen molar-refractivity contribution >= 4 is 5.91 Å². The maximum Gasteiger partial charge on any atom is 0.260 e. The third-order valence-electron chi connectivity index (χ3n) is 2.40. The number of carbonyl (C=O) groups is 1. The standard InChI is InChI=1S/C14H21NO3/c1-11-6-5-7-12(8-11)18-9-13(16)15(4)10-14(2,3)17/h5-8,17H,9-10H2,1-4H3. The number of likely N-dealkylation sites (N-methyl/N-ethyl adjacent to an activating group) is 1. The molecule has 0 spiro atoms. The van der Waals surface area contributed by atoms with Crippen LogP contribution in [0.3, 0.4) is 0 Å². The molecule has 0 atom stereocenters. The highest BCUT2D eigenvalue weighted by molar-refractivity contribution is 5.77. The molecular formula is C14H21NO3. The van der Waals surface area contributed by atoms with Gasteiger partial charge in [0.25, 0.3) is 5.91 Å². The van der Waals surface area contributed by atoms with Gasteiger partial charge >= 0.3 is 0 Å². The fraction of sp³-hybridized carbons (Fsp3) is 0.500. The van der Waals surface area contributed by atoms with E-state index in [1.807, 2.05) is 31.2 Å². The highest BCUT2D eigenvalue weighted by Gasteiger charge is 2.19. The smallest absolute Gasteiger partial charge is 0.260 e. The summed E-state index contributed by atoms with van der Waals surface area (Å²) in [6.45, 7) is 5.56. The normalized spacial score (nSPS) is 11.2. The number of nitrogens with zero attached hydrogens (tertiary/aromatic N) is 1. The summed E-state index contributed by atoms with van der Waals surface area (Å²) in [6.07, 6.45) is 0. The summed E-state index contributed by atoms with van der Waals surface area (Å²) in [5.74, 6) is 0.527. The second-order valence-electron chi connectivity index (χ2n) is 5.17. The van der Waals surface area contributed by atoms with Crippen LogP contribution < -0.4 is 4.74 Å². The summed E-state index contributed by atoms with van der Waals surface area (Å²) in [7, 11) is 1.65. The zero-order chi connectivity index (χ0) is 13.8. The van der Waals surface area contributed by atoms with Gasteiger partial charge in [-0.05, 0) is 38.5 Å². The number of hydrogen-bond acceptors (Lipinski definition) is 3. The molecule has 0 aliphatic carbocycles.